The molecule has 18 heavy (non-hydrogen) atoms. The van der Waals surface area contributed by atoms with Crippen LogP contribution in [0.15, 0.2) is 41.1 Å². The number of imidazole rings is 1. The lowest BCUT2D eigenvalue weighted by atomic mass is 9.99. The minimum absolute atomic E-state index is 0.438. The van der Waals surface area contributed by atoms with Crippen LogP contribution in [0.4, 0.5) is 0 Å². The number of rotatable bonds is 4. The van der Waals surface area contributed by atoms with E-state index in [9.17, 15) is 9.90 Å². The van der Waals surface area contributed by atoms with Crippen LogP contribution in [0.5, 0.6) is 0 Å². The van der Waals surface area contributed by atoms with Gasteiger partial charge in [0.1, 0.15) is 11.7 Å². The number of hydrogen-bond acceptors (Lipinski definition) is 2. The summed E-state index contributed by atoms with van der Waals surface area (Å²) in [4.78, 5) is 15.5. The molecule has 0 radical (unpaired) electrons. The van der Waals surface area contributed by atoms with E-state index in [-0.39, 0.29) is 0 Å². The predicted octanol–water partition coefficient (Wildman–Crippen LogP) is 2.59. The zero-order chi connectivity index (χ0) is 13.1. The number of benzene rings is 1. The van der Waals surface area contributed by atoms with Crippen molar-refractivity contribution in [1.82, 2.24) is 9.55 Å². The van der Waals surface area contributed by atoms with Gasteiger partial charge in [0.05, 0.1) is 0 Å². The number of hydrogen-bond donors (Lipinski definition) is 1. The van der Waals surface area contributed by atoms with Crippen molar-refractivity contribution in [3.8, 4) is 0 Å². The van der Waals surface area contributed by atoms with Crippen molar-refractivity contribution in [2.45, 2.75) is 12.3 Å². The second-order valence-electron chi connectivity index (χ2n) is 4.12. The molecule has 0 saturated carbocycles. The number of carbonyl (C=O) groups is 1. The Balaban J connectivity index is 2.25. The number of aryl methyl sites for hydroxylation is 1. The molecule has 0 spiro atoms. The first-order chi connectivity index (χ1) is 8.58. The standard InChI is InChI=1S/C13H13BrN2O2/c1-16-7-6-15-12(16)11(13(17)18)8-9-2-4-10(14)5-3-9/h2-7,11H,8H2,1H3,(H,17,18). The molecule has 1 unspecified atom stereocenters. The summed E-state index contributed by atoms with van der Waals surface area (Å²) in [5, 5.41) is 9.32. The van der Waals surface area contributed by atoms with Crippen LogP contribution < -0.4 is 0 Å². The molecule has 1 aromatic carbocycles. The quantitative estimate of drug-likeness (QED) is 0.944. The van der Waals surface area contributed by atoms with E-state index in [4.69, 9.17) is 0 Å². The third kappa shape index (κ3) is 2.79. The van der Waals surface area contributed by atoms with E-state index in [1.54, 1.807) is 24.0 Å². The first kappa shape index (κ1) is 12.8. The third-order valence-corrected chi connectivity index (χ3v) is 3.35. The van der Waals surface area contributed by atoms with Crippen LogP contribution in [0.1, 0.15) is 17.3 Å². The Morgan fingerprint density at radius 1 is 1.44 bits per heavy atom. The van der Waals surface area contributed by atoms with E-state index >= 15 is 0 Å². The molecule has 94 valence electrons. The fourth-order valence-electron chi connectivity index (χ4n) is 1.86. The smallest absolute Gasteiger partial charge is 0.314 e. The molecule has 0 saturated heterocycles. The lowest BCUT2D eigenvalue weighted by Crippen LogP contribution is -2.18. The highest BCUT2D eigenvalue weighted by Gasteiger charge is 2.24. The maximum Gasteiger partial charge on any atom is 0.314 e. The normalized spacial score (nSPS) is 12.3. The Hall–Kier alpha value is -1.62. The van der Waals surface area contributed by atoms with Crippen LogP contribution in [0.3, 0.4) is 0 Å². The molecule has 0 aliphatic carbocycles. The molecule has 1 atom stereocenters. The Morgan fingerprint density at radius 3 is 2.61 bits per heavy atom. The third-order valence-electron chi connectivity index (χ3n) is 2.82. The van der Waals surface area contributed by atoms with Crippen LogP contribution >= 0.6 is 15.9 Å². The molecule has 0 fully saturated rings. The number of carboxylic acid groups (broad SMARTS) is 1. The minimum atomic E-state index is -0.854. The second kappa shape index (κ2) is 5.35. The average molecular weight is 309 g/mol. The van der Waals surface area contributed by atoms with Gasteiger partial charge in [0.25, 0.3) is 0 Å². The maximum atomic E-state index is 11.4. The fraction of sp³-hybridized carbons (Fsp3) is 0.231. The molecular weight excluding hydrogens is 296 g/mol. The minimum Gasteiger partial charge on any atom is -0.481 e. The van der Waals surface area contributed by atoms with Gasteiger partial charge in [-0.05, 0) is 24.1 Å². The van der Waals surface area contributed by atoms with Gasteiger partial charge >= 0.3 is 5.97 Å². The van der Waals surface area contributed by atoms with E-state index in [0.717, 1.165) is 10.0 Å². The van der Waals surface area contributed by atoms with Crippen LogP contribution in [-0.4, -0.2) is 20.6 Å². The number of aromatic nitrogens is 2. The first-order valence-electron chi connectivity index (χ1n) is 5.52. The molecule has 2 rings (SSSR count). The second-order valence-corrected chi connectivity index (χ2v) is 5.03. The van der Waals surface area contributed by atoms with Gasteiger partial charge in [0.2, 0.25) is 0 Å². The lowest BCUT2D eigenvalue weighted by molar-refractivity contribution is -0.139. The lowest BCUT2D eigenvalue weighted by Gasteiger charge is -2.12. The Kier molecular flexibility index (Phi) is 3.81. The fourth-order valence-corrected chi connectivity index (χ4v) is 2.12. The summed E-state index contributed by atoms with van der Waals surface area (Å²) in [5.41, 5.74) is 0.980. The van der Waals surface area contributed by atoms with Gasteiger partial charge in [-0.1, -0.05) is 28.1 Å². The van der Waals surface area contributed by atoms with E-state index < -0.39 is 11.9 Å². The largest absolute Gasteiger partial charge is 0.481 e. The summed E-state index contributed by atoms with van der Waals surface area (Å²) >= 11 is 3.36. The SMILES string of the molecule is Cn1ccnc1C(Cc1ccc(Br)cc1)C(=O)O. The first-order valence-corrected chi connectivity index (χ1v) is 6.31. The van der Waals surface area contributed by atoms with Crippen LogP contribution in [-0.2, 0) is 18.3 Å². The monoisotopic (exact) mass is 308 g/mol. The number of nitrogens with zero attached hydrogens (tertiary/aromatic N) is 2. The molecule has 1 heterocycles. The molecular formula is C13H13BrN2O2. The number of aliphatic carboxylic acids is 1. The van der Waals surface area contributed by atoms with Crippen molar-refractivity contribution >= 4 is 21.9 Å². The summed E-state index contributed by atoms with van der Waals surface area (Å²) in [6.07, 6.45) is 3.81. The van der Waals surface area contributed by atoms with Crippen molar-refractivity contribution in [3.63, 3.8) is 0 Å². The highest BCUT2D eigenvalue weighted by molar-refractivity contribution is 9.10. The van der Waals surface area contributed by atoms with Crippen molar-refractivity contribution in [1.29, 1.82) is 0 Å². The van der Waals surface area contributed by atoms with Crippen LogP contribution in [0.25, 0.3) is 0 Å². The molecule has 1 aromatic heterocycles. The molecule has 5 heteroatoms. The highest BCUT2D eigenvalue weighted by Crippen LogP contribution is 2.21. The van der Waals surface area contributed by atoms with Crippen LogP contribution in [0.2, 0.25) is 0 Å². The molecule has 4 nitrogen and oxygen atoms in total. The summed E-state index contributed by atoms with van der Waals surface area (Å²) in [5.74, 6) is -0.899. The van der Waals surface area contributed by atoms with Crippen molar-refractivity contribution in [3.05, 3.63) is 52.5 Å². The summed E-state index contributed by atoms with van der Waals surface area (Å²) < 4.78 is 2.73. The van der Waals surface area contributed by atoms with Crippen molar-refractivity contribution < 1.29 is 9.90 Å². The Labute approximate surface area is 113 Å². The maximum absolute atomic E-state index is 11.4. The molecule has 1 N–H and O–H groups in total. The van der Waals surface area contributed by atoms with Gasteiger partial charge in [-0.25, -0.2) is 4.98 Å². The van der Waals surface area contributed by atoms with Crippen molar-refractivity contribution in [2.24, 2.45) is 7.05 Å². The van der Waals surface area contributed by atoms with E-state index in [1.807, 2.05) is 24.3 Å². The average Bonchev–Trinajstić information content (AvgIpc) is 2.74. The van der Waals surface area contributed by atoms with Crippen molar-refractivity contribution in [2.75, 3.05) is 0 Å². The summed E-state index contributed by atoms with van der Waals surface area (Å²) in [6.45, 7) is 0. The van der Waals surface area contributed by atoms with E-state index in [0.29, 0.717) is 12.2 Å². The molecule has 0 aliphatic rings. The van der Waals surface area contributed by atoms with Gasteiger partial charge in [0.15, 0.2) is 0 Å². The van der Waals surface area contributed by atoms with Gasteiger partial charge in [0, 0.05) is 23.9 Å². The number of carboxylic acids is 1. The summed E-state index contributed by atoms with van der Waals surface area (Å²) in [7, 11) is 1.81. The molecule has 0 aliphatic heterocycles. The van der Waals surface area contributed by atoms with Gasteiger partial charge in [-0.3, -0.25) is 4.79 Å². The topological polar surface area (TPSA) is 55.1 Å². The summed E-state index contributed by atoms with van der Waals surface area (Å²) in [6, 6.07) is 7.66. The molecule has 0 amide bonds. The Morgan fingerprint density at radius 2 is 2.11 bits per heavy atom. The Bertz CT molecular complexity index is 548. The number of halogens is 1. The van der Waals surface area contributed by atoms with Gasteiger partial charge in [-0.15, -0.1) is 0 Å². The zero-order valence-electron chi connectivity index (χ0n) is 9.88. The predicted molar refractivity (Wildman–Crippen MR) is 71.4 cm³/mol. The molecule has 0 bridgehead atoms. The van der Waals surface area contributed by atoms with Gasteiger partial charge < -0.3 is 9.67 Å². The van der Waals surface area contributed by atoms with E-state index in [1.165, 1.54) is 0 Å². The zero-order valence-corrected chi connectivity index (χ0v) is 11.5. The van der Waals surface area contributed by atoms with Crippen LogP contribution in [0, 0.1) is 0 Å². The highest BCUT2D eigenvalue weighted by atomic mass is 79.9. The molecule has 2 aromatic rings. The van der Waals surface area contributed by atoms with E-state index in [2.05, 4.69) is 20.9 Å². The van der Waals surface area contributed by atoms with Gasteiger partial charge in [-0.2, -0.15) is 0 Å².